The van der Waals surface area contributed by atoms with Gasteiger partial charge in [-0.15, -0.1) is 0 Å². The fourth-order valence-corrected chi connectivity index (χ4v) is 2.19. The molecule has 0 aromatic carbocycles. The highest BCUT2D eigenvalue weighted by Gasteiger charge is 2.34. The van der Waals surface area contributed by atoms with E-state index >= 15 is 0 Å². The number of rotatable bonds is 5. The predicted octanol–water partition coefficient (Wildman–Crippen LogP) is 0.478. The van der Waals surface area contributed by atoms with Gasteiger partial charge in [-0.1, -0.05) is 0 Å². The third kappa shape index (κ3) is 3.61. The van der Waals surface area contributed by atoms with E-state index in [-0.39, 0.29) is 18.6 Å². The number of likely N-dealkylation sites (tertiary alicyclic amines) is 1. The Balaban J connectivity index is 1.55. The van der Waals surface area contributed by atoms with E-state index in [0.29, 0.717) is 19.6 Å². The Hall–Kier alpha value is -0.750. The monoisotopic (exact) mass is 248 g/mol. The molecule has 4 nitrogen and oxygen atoms in total. The van der Waals surface area contributed by atoms with Gasteiger partial charge >= 0.3 is 0 Å². The smallest absolute Gasteiger partial charge is 0.243 e. The van der Waals surface area contributed by atoms with Gasteiger partial charge in [0.2, 0.25) is 12.3 Å². The number of halogens is 2. The van der Waals surface area contributed by atoms with Crippen molar-refractivity contribution in [2.45, 2.75) is 25.4 Å². The van der Waals surface area contributed by atoms with Crippen molar-refractivity contribution in [3.05, 3.63) is 0 Å². The molecule has 1 atom stereocenters. The summed E-state index contributed by atoms with van der Waals surface area (Å²) in [6, 6.07) is 0. The summed E-state index contributed by atoms with van der Waals surface area (Å²) in [6.45, 7) is 2.17. The van der Waals surface area contributed by atoms with E-state index in [9.17, 15) is 13.6 Å². The number of nitrogens with zero attached hydrogens (tertiary/aromatic N) is 1. The highest BCUT2D eigenvalue weighted by Crippen LogP contribution is 2.21. The number of carbonyl (C=O) groups is 1. The second-order valence-electron chi connectivity index (χ2n) is 4.73. The lowest BCUT2D eigenvalue weighted by Crippen LogP contribution is -2.53. The molecule has 0 aromatic rings. The summed E-state index contributed by atoms with van der Waals surface area (Å²) in [5, 5.41) is 2.77. The molecule has 0 spiro atoms. The first-order valence-electron chi connectivity index (χ1n) is 6.04. The fourth-order valence-electron chi connectivity index (χ4n) is 2.19. The van der Waals surface area contributed by atoms with Crippen LogP contribution in [0.5, 0.6) is 0 Å². The Morgan fingerprint density at radius 1 is 1.47 bits per heavy atom. The van der Waals surface area contributed by atoms with Crippen molar-refractivity contribution >= 4 is 5.91 Å². The van der Waals surface area contributed by atoms with Crippen LogP contribution < -0.4 is 5.32 Å². The molecule has 98 valence electrons. The lowest BCUT2D eigenvalue weighted by atomic mass is 10.0. The van der Waals surface area contributed by atoms with Gasteiger partial charge in [-0.3, -0.25) is 9.69 Å². The molecule has 0 saturated carbocycles. The molecule has 2 fully saturated rings. The van der Waals surface area contributed by atoms with E-state index in [1.54, 1.807) is 4.90 Å². The maximum atomic E-state index is 12.2. The molecule has 17 heavy (non-hydrogen) atoms. The Kier molecular flexibility index (Phi) is 4.28. The van der Waals surface area contributed by atoms with Crippen LogP contribution in [-0.4, -0.2) is 56.1 Å². The van der Waals surface area contributed by atoms with Crippen LogP contribution in [0.25, 0.3) is 0 Å². The molecule has 0 aliphatic carbocycles. The number of nitrogens with one attached hydrogen (secondary N) is 1. The number of alkyl halides is 2. The van der Waals surface area contributed by atoms with Crippen molar-refractivity contribution in [3.8, 4) is 0 Å². The average Bonchev–Trinajstić information content (AvgIpc) is 2.72. The van der Waals surface area contributed by atoms with Crippen LogP contribution in [0.3, 0.4) is 0 Å². The molecule has 0 aromatic heterocycles. The maximum absolute atomic E-state index is 12.2. The zero-order valence-corrected chi connectivity index (χ0v) is 9.70. The van der Waals surface area contributed by atoms with Crippen molar-refractivity contribution in [3.63, 3.8) is 0 Å². The van der Waals surface area contributed by atoms with E-state index < -0.39 is 12.3 Å². The molecule has 6 heteroatoms. The highest BCUT2D eigenvalue weighted by atomic mass is 19.3. The van der Waals surface area contributed by atoms with E-state index in [2.05, 4.69) is 5.32 Å². The SMILES string of the molecule is O=C(CN1CC(C(F)F)C1)NCC1CCCO1. The van der Waals surface area contributed by atoms with Crippen molar-refractivity contribution < 1.29 is 18.3 Å². The topological polar surface area (TPSA) is 41.6 Å². The summed E-state index contributed by atoms with van der Waals surface area (Å²) in [7, 11) is 0. The summed E-state index contributed by atoms with van der Waals surface area (Å²) >= 11 is 0. The molecule has 1 unspecified atom stereocenters. The van der Waals surface area contributed by atoms with Crippen LogP contribution in [-0.2, 0) is 9.53 Å². The standard InChI is InChI=1S/C11H18F2N2O2/c12-11(13)8-5-15(6-8)7-10(16)14-4-9-2-1-3-17-9/h8-9,11H,1-7H2,(H,14,16). The van der Waals surface area contributed by atoms with Crippen LogP contribution in [0.15, 0.2) is 0 Å². The van der Waals surface area contributed by atoms with E-state index in [0.717, 1.165) is 19.4 Å². The molecule has 2 aliphatic rings. The predicted molar refractivity (Wildman–Crippen MR) is 57.9 cm³/mol. The van der Waals surface area contributed by atoms with Crippen molar-refractivity contribution in [1.29, 1.82) is 0 Å². The van der Waals surface area contributed by atoms with Gasteiger partial charge in [-0.2, -0.15) is 0 Å². The van der Waals surface area contributed by atoms with Crippen LogP contribution in [0.4, 0.5) is 8.78 Å². The molecular weight excluding hydrogens is 230 g/mol. The van der Waals surface area contributed by atoms with E-state index in [4.69, 9.17) is 4.74 Å². The third-order valence-corrected chi connectivity index (χ3v) is 3.26. The molecule has 0 radical (unpaired) electrons. The van der Waals surface area contributed by atoms with Crippen molar-refractivity contribution in [2.24, 2.45) is 5.92 Å². The largest absolute Gasteiger partial charge is 0.376 e. The summed E-state index contributed by atoms with van der Waals surface area (Å²) in [4.78, 5) is 13.2. The van der Waals surface area contributed by atoms with Crippen LogP contribution in [0.2, 0.25) is 0 Å². The Bertz CT molecular complexity index is 264. The first kappa shape index (κ1) is 12.7. The molecule has 2 heterocycles. The van der Waals surface area contributed by atoms with Gasteiger partial charge in [-0.25, -0.2) is 8.78 Å². The summed E-state index contributed by atoms with van der Waals surface area (Å²) in [6.07, 6.45) is -0.106. The van der Waals surface area contributed by atoms with Crippen molar-refractivity contribution in [2.75, 3.05) is 32.8 Å². The zero-order valence-electron chi connectivity index (χ0n) is 9.70. The van der Waals surface area contributed by atoms with Gasteiger partial charge in [-0.05, 0) is 12.8 Å². The van der Waals surface area contributed by atoms with E-state index in [1.807, 2.05) is 0 Å². The lowest BCUT2D eigenvalue weighted by Gasteiger charge is -2.38. The lowest BCUT2D eigenvalue weighted by molar-refractivity contribution is -0.125. The fraction of sp³-hybridized carbons (Fsp3) is 0.909. The summed E-state index contributed by atoms with van der Waals surface area (Å²) in [5.41, 5.74) is 0. The van der Waals surface area contributed by atoms with Gasteiger partial charge in [0.1, 0.15) is 0 Å². The number of carbonyl (C=O) groups excluding carboxylic acids is 1. The molecule has 1 amide bonds. The van der Waals surface area contributed by atoms with Crippen LogP contribution >= 0.6 is 0 Å². The number of hydrogen-bond acceptors (Lipinski definition) is 3. The first-order chi connectivity index (χ1) is 8.15. The maximum Gasteiger partial charge on any atom is 0.243 e. The average molecular weight is 248 g/mol. The Morgan fingerprint density at radius 2 is 2.24 bits per heavy atom. The van der Waals surface area contributed by atoms with Gasteiger partial charge < -0.3 is 10.1 Å². The molecule has 2 saturated heterocycles. The van der Waals surface area contributed by atoms with Gasteiger partial charge in [0.15, 0.2) is 0 Å². The van der Waals surface area contributed by atoms with Crippen molar-refractivity contribution in [1.82, 2.24) is 10.2 Å². The van der Waals surface area contributed by atoms with Gasteiger partial charge in [0, 0.05) is 32.2 Å². The molecule has 2 aliphatic heterocycles. The van der Waals surface area contributed by atoms with Crippen LogP contribution in [0, 0.1) is 5.92 Å². The zero-order chi connectivity index (χ0) is 12.3. The highest BCUT2D eigenvalue weighted by molar-refractivity contribution is 5.78. The minimum Gasteiger partial charge on any atom is -0.376 e. The minimum atomic E-state index is -2.26. The quantitative estimate of drug-likeness (QED) is 0.769. The Morgan fingerprint density at radius 3 is 2.82 bits per heavy atom. The van der Waals surface area contributed by atoms with Crippen LogP contribution in [0.1, 0.15) is 12.8 Å². The normalized spacial score (nSPS) is 26.2. The van der Waals surface area contributed by atoms with Gasteiger partial charge in [0.05, 0.1) is 12.6 Å². The summed E-state index contributed by atoms with van der Waals surface area (Å²) in [5.74, 6) is -0.658. The number of hydrogen-bond donors (Lipinski definition) is 1. The number of ether oxygens (including phenoxy) is 1. The first-order valence-corrected chi connectivity index (χ1v) is 6.04. The summed E-state index contributed by atoms with van der Waals surface area (Å²) < 4.78 is 29.8. The second kappa shape index (κ2) is 5.73. The van der Waals surface area contributed by atoms with E-state index in [1.165, 1.54) is 0 Å². The molecule has 2 rings (SSSR count). The second-order valence-corrected chi connectivity index (χ2v) is 4.73. The molecule has 1 N–H and O–H groups in total. The molecular formula is C11H18F2N2O2. The third-order valence-electron chi connectivity index (χ3n) is 3.26. The Labute approximate surface area is 99.3 Å². The molecule has 0 bridgehead atoms. The van der Waals surface area contributed by atoms with Gasteiger partial charge in [0.25, 0.3) is 0 Å². The minimum absolute atomic E-state index is 0.104. The number of amides is 1.